The van der Waals surface area contributed by atoms with Crippen LogP contribution in [-0.4, -0.2) is 58.8 Å². The second-order valence-electron chi connectivity index (χ2n) is 8.85. The highest BCUT2D eigenvalue weighted by atomic mass is 35.5. The highest BCUT2D eigenvalue weighted by Gasteiger charge is 2.28. The summed E-state index contributed by atoms with van der Waals surface area (Å²) in [4.78, 5) is 32.5. The van der Waals surface area contributed by atoms with Crippen molar-refractivity contribution in [3.8, 4) is 0 Å². The minimum Gasteiger partial charge on any atom is -0.378 e. The van der Waals surface area contributed by atoms with Gasteiger partial charge in [0.15, 0.2) is 5.65 Å². The predicted molar refractivity (Wildman–Crippen MR) is 129 cm³/mol. The van der Waals surface area contributed by atoms with Gasteiger partial charge in [-0.2, -0.15) is 5.10 Å². The van der Waals surface area contributed by atoms with Crippen molar-refractivity contribution >= 4 is 40.6 Å². The Balaban J connectivity index is 1.18. The highest BCUT2D eigenvalue weighted by molar-refractivity contribution is 6.33. The van der Waals surface area contributed by atoms with Crippen molar-refractivity contribution in [2.75, 3.05) is 36.5 Å². The van der Waals surface area contributed by atoms with E-state index in [2.05, 4.69) is 25.6 Å². The van der Waals surface area contributed by atoms with Crippen LogP contribution in [0.2, 0.25) is 5.02 Å². The predicted octanol–water partition coefficient (Wildman–Crippen LogP) is 3.29. The van der Waals surface area contributed by atoms with Gasteiger partial charge in [-0.05, 0) is 49.9 Å². The molecule has 35 heavy (non-hydrogen) atoms. The first-order valence-corrected chi connectivity index (χ1v) is 12.1. The molecule has 1 aliphatic carbocycles. The van der Waals surface area contributed by atoms with Crippen molar-refractivity contribution in [2.24, 2.45) is 5.92 Å². The summed E-state index contributed by atoms with van der Waals surface area (Å²) >= 11 is 6.01. The average Bonchev–Trinajstić information content (AvgIpc) is 3.30. The number of morpholine rings is 1. The van der Waals surface area contributed by atoms with Gasteiger partial charge in [-0.15, -0.1) is 0 Å². The van der Waals surface area contributed by atoms with E-state index in [1.807, 2.05) is 6.07 Å². The van der Waals surface area contributed by atoms with Gasteiger partial charge in [0.25, 0.3) is 5.91 Å². The number of anilines is 2. The standard InChI is InChI=1S/C24H26ClFN6O3/c25-19-13-16(26)3-6-20(19)29-23(33)15-1-4-17(5-2-15)28-24(34)18-14-27-32-8-7-21(30-22(18)32)31-9-11-35-12-10-31/h3,6-8,13-15,17H,1-2,4-5,9-12H2,(H,28,34)(H,29,33)/t15-,17-. The summed E-state index contributed by atoms with van der Waals surface area (Å²) in [5.74, 6) is -0.228. The molecule has 3 aromatic rings. The Morgan fingerprint density at radius 2 is 1.89 bits per heavy atom. The number of nitrogens with one attached hydrogen (secondary N) is 2. The smallest absolute Gasteiger partial charge is 0.256 e. The number of rotatable bonds is 5. The van der Waals surface area contributed by atoms with E-state index >= 15 is 0 Å². The molecule has 0 atom stereocenters. The molecule has 2 amide bonds. The van der Waals surface area contributed by atoms with E-state index in [1.54, 1.807) is 10.7 Å². The summed E-state index contributed by atoms with van der Waals surface area (Å²) in [7, 11) is 0. The molecule has 2 aromatic heterocycles. The maximum atomic E-state index is 13.2. The maximum absolute atomic E-state index is 13.2. The molecule has 0 spiro atoms. The van der Waals surface area contributed by atoms with Crippen molar-refractivity contribution < 1.29 is 18.7 Å². The quantitative estimate of drug-likeness (QED) is 0.557. The Morgan fingerprint density at radius 3 is 2.63 bits per heavy atom. The normalized spacial score (nSPS) is 20.6. The van der Waals surface area contributed by atoms with Crippen LogP contribution in [-0.2, 0) is 9.53 Å². The largest absolute Gasteiger partial charge is 0.378 e. The minimum atomic E-state index is -0.456. The molecule has 1 aliphatic heterocycles. The van der Waals surface area contributed by atoms with E-state index in [0.717, 1.165) is 18.9 Å². The Kier molecular flexibility index (Phi) is 6.83. The third kappa shape index (κ3) is 5.23. The lowest BCUT2D eigenvalue weighted by Crippen LogP contribution is -2.39. The van der Waals surface area contributed by atoms with Crippen LogP contribution in [0.15, 0.2) is 36.7 Å². The summed E-state index contributed by atoms with van der Waals surface area (Å²) < 4.78 is 20.2. The summed E-state index contributed by atoms with van der Waals surface area (Å²) in [6.07, 6.45) is 5.94. The second-order valence-corrected chi connectivity index (χ2v) is 9.25. The molecule has 3 heterocycles. The van der Waals surface area contributed by atoms with Crippen LogP contribution in [0.3, 0.4) is 0 Å². The molecule has 184 valence electrons. The van der Waals surface area contributed by atoms with Crippen LogP contribution in [0.4, 0.5) is 15.9 Å². The van der Waals surface area contributed by atoms with Crippen LogP contribution in [0.25, 0.3) is 5.65 Å². The highest BCUT2D eigenvalue weighted by Crippen LogP contribution is 2.28. The molecule has 2 fully saturated rings. The number of hydrogen-bond donors (Lipinski definition) is 2. The Bertz CT molecular complexity index is 1240. The molecule has 5 rings (SSSR count). The fraction of sp³-hybridized carbons (Fsp3) is 0.417. The topological polar surface area (TPSA) is 101 Å². The monoisotopic (exact) mass is 500 g/mol. The van der Waals surface area contributed by atoms with E-state index in [9.17, 15) is 14.0 Å². The molecule has 9 nitrogen and oxygen atoms in total. The lowest BCUT2D eigenvalue weighted by atomic mass is 9.85. The number of benzene rings is 1. The molecule has 0 bridgehead atoms. The van der Waals surface area contributed by atoms with Gasteiger partial charge in [-0.1, -0.05) is 11.6 Å². The van der Waals surface area contributed by atoms with E-state index < -0.39 is 5.82 Å². The van der Waals surface area contributed by atoms with E-state index in [0.29, 0.717) is 55.8 Å². The van der Waals surface area contributed by atoms with Gasteiger partial charge in [0.2, 0.25) is 5.91 Å². The summed E-state index contributed by atoms with van der Waals surface area (Å²) in [5, 5.41) is 10.3. The molecular weight excluding hydrogens is 475 g/mol. The lowest BCUT2D eigenvalue weighted by Gasteiger charge is -2.28. The molecular formula is C24H26ClFN6O3. The second kappa shape index (κ2) is 10.2. The number of nitrogens with zero attached hydrogens (tertiary/aromatic N) is 4. The van der Waals surface area contributed by atoms with Crippen molar-refractivity contribution in [2.45, 2.75) is 31.7 Å². The average molecular weight is 501 g/mol. The van der Waals surface area contributed by atoms with E-state index in [4.69, 9.17) is 16.3 Å². The van der Waals surface area contributed by atoms with Crippen molar-refractivity contribution in [1.29, 1.82) is 0 Å². The van der Waals surface area contributed by atoms with Gasteiger partial charge >= 0.3 is 0 Å². The maximum Gasteiger partial charge on any atom is 0.256 e. The van der Waals surface area contributed by atoms with Crippen molar-refractivity contribution in [3.63, 3.8) is 0 Å². The van der Waals surface area contributed by atoms with Crippen molar-refractivity contribution in [1.82, 2.24) is 19.9 Å². The SMILES string of the molecule is O=C(N[C@H]1CC[C@H](C(=O)Nc2ccc(F)cc2Cl)CC1)c1cnn2ccc(N3CCOCC3)nc12. The zero-order valence-electron chi connectivity index (χ0n) is 19.0. The van der Waals surface area contributed by atoms with Crippen LogP contribution in [0.1, 0.15) is 36.0 Å². The number of halogens is 2. The minimum absolute atomic E-state index is 0.0432. The van der Waals surface area contributed by atoms with Crippen LogP contribution >= 0.6 is 11.6 Å². The number of carbonyl (C=O) groups excluding carboxylic acids is 2. The number of fused-ring (bicyclic) bond motifs is 1. The Hall–Kier alpha value is -3.24. The molecule has 0 unspecified atom stereocenters. The van der Waals surface area contributed by atoms with Gasteiger partial charge < -0.3 is 20.3 Å². The van der Waals surface area contributed by atoms with Gasteiger partial charge in [-0.3, -0.25) is 9.59 Å². The fourth-order valence-electron chi connectivity index (χ4n) is 4.58. The molecule has 11 heteroatoms. The lowest BCUT2D eigenvalue weighted by molar-refractivity contribution is -0.120. The summed E-state index contributed by atoms with van der Waals surface area (Å²) in [5.41, 5.74) is 1.33. The summed E-state index contributed by atoms with van der Waals surface area (Å²) in [6, 6.07) is 5.73. The third-order valence-electron chi connectivity index (χ3n) is 6.56. The molecule has 1 aromatic carbocycles. The fourth-order valence-corrected chi connectivity index (χ4v) is 4.79. The van der Waals surface area contributed by atoms with Gasteiger partial charge in [-0.25, -0.2) is 13.9 Å². The molecule has 1 saturated carbocycles. The zero-order chi connectivity index (χ0) is 24.4. The number of aromatic nitrogens is 3. The molecule has 0 radical (unpaired) electrons. The van der Waals surface area contributed by atoms with Crippen molar-refractivity contribution in [3.05, 3.63) is 53.1 Å². The summed E-state index contributed by atoms with van der Waals surface area (Å²) in [6.45, 7) is 2.81. The third-order valence-corrected chi connectivity index (χ3v) is 6.87. The first-order chi connectivity index (χ1) is 17.0. The van der Waals surface area contributed by atoms with Crippen LogP contribution < -0.4 is 15.5 Å². The van der Waals surface area contributed by atoms with Crippen LogP contribution in [0, 0.1) is 11.7 Å². The molecule has 2 aliphatic rings. The van der Waals surface area contributed by atoms with Gasteiger partial charge in [0.1, 0.15) is 17.2 Å². The number of amides is 2. The number of carbonyl (C=O) groups is 2. The first-order valence-electron chi connectivity index (χ1n) is 11.7. The van der Waals surface area contributed by atoms with E-state index in [1.165, 1.54) is 24.4 Å². The number of hydrogen-bond acceptors (Lipinski definition) is 6. The Labute approximate surface area is 206 Å². The number of ether oxygens (including phenoxy) is 1. The van der Waals surface area contributed by atoms with Gasteiger partial charge in [0.05, 0.1) is 30.1 Å². The molecule has 2 N–H and O–H groups in total. The van der Waals surface area contributed by atoms with E-state index in [-0.39, 0.29) is 28.8 Å². The first kappa shape index (κ1) is 23.5. The molecule has 1 saturated heterocycles. The zero-order valence-corrected chi connectivity index (χ0v) is 19.8. The van der Waals surface area contributed by atoms with Gasteiger partial charge in [0, 0.05) is 31.2 Å². The Morgan fingerprint density at radius 1 is 1.11 bits per heavy atom. The van der Waals surface area contributed by atoms with Crippen LogP contribution in [0.5, 0.6) is 0 Å².